The fourth-order valence-electron chi connectivity index (χ4n) is 6.12. The molecule has 3 fully saturated rings. The lowest BCUT2D eigenvalue weighted by Crippen LogP contribution is -2.57. The zero-order valence-electron chi connectivity index (χ0n) is 22.3. The summed E-state index contributed by atoms with van der Waals surface area (Å²) in [6, 6.07) is 14.7. The second-order valence-corrected chi connectivity index (χ2v) is 11.3. The number of nitrogens with one attached hydrogen (secondary N) is 1. The third kappa shape index (κ3) is 4.92. The minimum absolute atomic E-state index is 0.0754. The SMILES string of the molecule is CC1(C)OC2[C@H](OC(C[C@H](NC(=O)OCC3c4ccccc4-c4ccccc43)C(=O)O)[C@@H]3OC(C)(C)O[C@H]23)O1. The highest BCUT2D eigenvalue weighted by molar-refractivity contribution is 5.81. The predicted octanol–water partition coefficient (Wildman–Crippen LogP) is 3.76. The quantitative estimate of drug-likeness (QED) is 0.565. The van der Waals surface area contributed by atoms with Crippen molar-refractivity contribution in [3.63, 3.8) is 0 Å². The second-order valence-electron chi connectivity index (χ2n) is 11.3. The third-order valence-corrected chi connectivity index (χ3v) is 7.65. The van der Waals surface area contributed by atoms with Crippen LogP contribution in [0.2, 0.25) is 0 Å². The molecule has 6 rings (SSSR count). The van der Waals surface area contributed by atoms with Crippen molar-refractivity contribution in [3.05, 3.63) is 59.7 Å². The van der Waals surface area contributed by atoms with Crippen LogP contribution in [0.3, 0.4) is 0 Å². The van der Waals surface area contributed by atoms with Gasteiger partial charge < -0.3 is 38.8 Å². The molecule has 2 N–H and O–H groups in total. The number of carboxylic acids is 1. The molecule has 0 bridgehead atoms. The first-order valence-electron chi connectivity index (χ1n) is 13.2. The monoisotopic (exact) mass is 539 g/mol. The van der Waals surface area contributed by atoms with E-state index in [0.717, 1.165) is 22.3 Å². The Labute approximate surface area is 226 Å². The zero-order chi connectivity index (χ0) is 27.5. The molecule has 39 heavy (non-hydrogen) atoms. The first kappa shape index (κ1) is 26.2. The minimum Gasteiger partial charge on any atom is -0.480 e. The van der Waals surface area contributed by atoms with Gasteiger partial charge in [-0.25, -0.2) is 9.59 Å². The molecule has 2 aromatic carbocycles. The van der Waals surface area contributed by atoms with Crippen LogP contribution in [-0.4, -0.2) is 72.1 Å². The molecule has 3 heterocycles. The van der Waals surface area contributed by atoms with Crippen molar-refractivity contribution in [2.45, 2.75) is 88.4 Å². The molecule has 208 valence electrons. The van der Waals surface area contributed by atoms with Crippen molar-refractivity contribution in [1.82, 2.24) is 5.32 Å². The maximum absolute atomic E-state index is 12.8. The largest absolute Gasteiger partial charge is 0.480 e. The number of carbonyl (C=O) groups excluding carboxylic acids is 1. The summed E-state index contributed by atoms with van der Waals surface area (Å²) < 4.78 is 35.8. The molecule has 0 spiro atoms. The van der Waals surface area contributed by atoms with Gasteiger partial charge in [-0.1, -0.05) is 48.5 Å². The Kier molecular flexibility index (Phi) is 6.43. The van der Waals surface area contributed by atoms with Gasteiger partial charge in [0, 0.05) is 12.3 Å². The lowest BCUT2D eigenvalue weighted by Gasteiger charge is -2.38. The van der Waals surface area contributed by atoms with Crippen LogP contribution in [0.25, 0.3) is 11.1 Å². The standard InChI is InChI=1S/C29H33NO9/c1-28(2)36-22-21(35-26-24(23(22)37-28)38-29(3,4)39-26)13-20(25(31)32)30-27(33)34-14-19-17-11-7-5-9-15(17)16-10-6-8-12-18(16)19/h5-12,19-24,26H,13-14H2,1-4H3,(H,30,33)(H,31,32)/t20-,21?,22-,23-,24?,26+/m0/s1. The van der Waals surface area contributed by atoms with E-state index >= 15 is 0 Å². The van der Waals surface area contributed by atoms with E-state index in [1.807, 2.05) is 48.5 Å². The highest BCUT2D eigenvalue weighted by Crippen LogP contribution is 2.46. The first-order chi connectivity index (χ1) is 18.5. The number of benzene rings is 2. The van der Waals surface area contributed by atoms with Crippen LogP contribution >= 0.6 is 0 Å². The predicted molar refractivity (Wildman–Crippen MR) is 137 cm³/mol. The van der Waals surface area contributed by atoms with E-state index in [-0.39, 0.29) is 18.9 Å². The fraction of sp³-hybridized carbons (Fsp3) is 0.517. The number of alkyl carbamates (subject to hydrolysis) is 1. The zero-order valence-corrected chi connectivity index (χ0v) is 22.3. The van der Waals surface area contributed by atoms with Crippen molar-refractivity contribution < 1.29 is 43.1 Å². The molecule has 6 atom stereocenters. The molecule has 10 nitrogen and oxygen atoms in total. The molecule has 2 unspecified atom stereocenters. The van der Waals surface area contributed by atoms with Gasteiger partial charge in [-0.2, -0.15) is 0 Å². The maximum atomic E-state index is 12.8. The number of carboxylic acid groups (broad SMARTS) is 1. The molecule has 3 saturated heterocycles. The normalized spacial score (nSPS) is 30.5. The molecule has 0 radical (unpaired) electrons. The number of hydrogen-bond acceptors (Lipinski definition) is 8. The molecule has 2 aromatic rings. The maximum Gasteiger partial charge on any atom is 0.407 e. The van der Waals surface area contributed by atoms with Gasteiger partial charge in [-0.3, -0.25) is 0 Å². The molecular formula is C29H33NO9. The minimum atomic E-state index is -1.29. The summed E-state index contributed by atoms with van der Waals surface area (Å²) in [7, 11) is 0. The molecule has 10 heteroatoms. The Bertz CT molecular complexity index is 1230. The van der Waals surface area contributed by atoms with Crippen molar-refractivity contribution in [3.8, 4) is 11.1 Å². The van der Waals surface area contributed by atoms with Crippen molar-refractivity contribution in [2.24, 2.45) is 0 Å². The Balaban J connectivity index is 1.13. The Morgan fingerprint density at radius 1 is 0.872 bits per heavy atom. The topological polar surface area (TPSA) is 122 Å². The average molecular weight is 540 g/mol. The second kappa shape index (κ2) is 9.57. The van der Waals surface area contributed by atoms with Crippen LogP contribution in [0, 0.1) is 0 Å². The van der Waals surface area contributed by atoms with Gasteiger partial charge in [0.25, 0.3) is 0 Å². The van der Waals surface area contributed by atoms with E-state index in [1.54, 1.807) is 27.7 Å². The Morgan fingerprint density at radius 3 is 2.08 bits per heavy atom. The highest BCUT2D eigenvalue weighted by atomic mass is 16.9. The van der Waals surface area contributed by atoms with E-state index < -0.39 is 60.4 Å². The van der Waals surface area contributed by atoms with Crippen molar-refractivity contribution in [2.75, 3.05) is 6.61 Å². The van der Waals surface area contributed by atoms with Crippen LogP contribution in [0.15, 0.2) is 48.5 Å². The average Bonchev–Trinajstić information content (AvgIpc) is 3.49. The molecule has 1 amide bonds. The van der Waals surface area contributed by atoms with Gasteiger partial charge in [0.2, 0.25) is 0 Å². The van der Waals surface area contributed by atoms with Gasteiger partial charge >= 0.3 is 12.1 Å². The van der Waals surface area contributed by atoms with E-state index in [2.05, 4.69) is 5.32 Å². The smallest absolute Gasteiger partial charge is 0.407 e. The number of rotatable bonds is 6. The highest BCUT2D eigenvalue weighted by Gasteiger charge is 2.61. The molecule has 3 aliphatic heterocycles. The summed E-state index contributed by atoms with van der Waals surface area (Å²) in [6.07, 6.45) is -4.04. The number of amides is 1. The van der Waals surface area contributed by atoms with Crippen LogP contribution in [0.4, 0.5) is 4.79 Å². The lowest BCUT2D eigenvalue weighted by atomic mass is 9.94. The van der Waals surface area contributed by atoms with Gasteiger partial charge in [-0.15, -0.1) is 0 Å². The van der Waals surface area contributed by atoms with Crippen LogP contribution in [0.1, 0.15) is 51.2 Å². The molecule has 0 saturated carbocycles. The third-order valence-electron chi connectivity index (χ3n) is 7.65. The molecule has 0 aromatic heterocycles. The number of fused-ring (bicyclic) bond motifs is 6. The van der Waals surface area contributed by atoms with Crippen molar-refractivity contribution >= 4 is 12.1 Å². The Morgan fingerprint density at radius 2 is 1.44 bits per heavy atom. The van der Waals surface area contributed by atoms with E-state index in [0.29, 0.717) is 0 Å². The van der Waals surface area contributed by atoms with Gasteiger partial charge in [0.1, 0.15) is 31.0 Å². The summed E-state index contributed by atoms with van der Waals surface area (Å²) >= 11 is 0. The van der Waals surface area contributed by atoms with Gasteiger partial charge in [0.15, 0.2) is 17.9 Å². The van der Waals surface area contributed by atoms with Crippen molar-refractivity contribution in [1.29, 1.82) is 0 Å². The fourth-order valence-corrected chi connectivity index (χ4v) is 6.12. The van der Waals surface area contributed by atoms with Gasteiger partial charge in [0.05, 0.1) is 6.10 Å². The number of ether oxygens (including phenoxy) is 6. The molecule has 1 aliphatic carbocycles. The molecular weight excluding hydrogens is 506 g/mol. The van der Waals surface area contributed by atoms with Crippen LogP contribution < -0.4 is 5.32 Å². The summed E-state index contributed by atoms with van der Waals surface area (Å²) in [6.45, 7) is 7.19. The summed E-state index contributed by atoms with van der Waals surface area (Å²) in [5.41, 5.74) is 4.35. The number of hydrogen-bond donors (Lipinski definition) is 2. The summed E-state index contributed by atoms with van der Waals surface area (Å²) in [5.74, 6) is -3.16. The van der Waals surface area contributed by atoms with E-state index in [4.69, 9.17) is 28.4 Å². The lowest BCUT2D eigenvalue weighted by molar-refractivity contribution is -0.236. The number of carbonyl (C=O) groups is 2. The summed E-state index contributed by atoms with van der Waals surface area (Å²) in [5, 5.41) is 12.5. The van der Waals surface area contributed by atoms with Crippen LogP contribution in [0.5, 0.6) is 0 Å². The first-order valence-corrected chi connectivity index (χ1v) is 13.2. The Hall–Kier alpha value is -3.02. The molecule has 4 aliphatic rings. The summed E-state index contributed by atoms with van der Waals surface area (Å²) in [4.78, 5) is 25.0. The van der Waals surface area contributed by atoms with E-state index in [1.165, 1.54) is 0 Å². The van der Waals surface area contributed by atoms with E-state index in [9.17, 15) is 14.7 Å². The van der Waals surface area contributed by atoms with Gasteiger partial charge in [-0.05, 0) is 49.9 Å². The number of aliphatic carboxylic acids is 1. The van der Waals surface area contributed by atoms with Crippen LogP contribution in [-0.2, 0) is 33.2 Å².